The zero-order valence-electron chi connectivity index (χ0n) is 25.4. The largest absolute Gasteiger partial charge is 0.543 e. The molecule has 1 aliphatic carbocycles. The fourth-order valence-corrected chi connectivity index (χ4v) is 8.00. The molecule has 18 heteroatoms. The van der Waals surface area contributed by atoms with E-state index in [1.165, 1.54) is 18.9 Å². The zero-order chi connectivity index (χ0) is 33.7. The number of nitrogens with one attached hydrogen (secondary N) is 3. The first kappa shape index (κ1) is 31.7. The van der Waals surface area contributed by atoms with E-state index in [9.17, 15) is 19.5 Å². The van der Waals surface area contributed by atoms with Gasteiger partial charge in [0.15, 0.2) is 29.2 Å². The summed E-state index contributed by atoms with van der Waals surface area (Å²) in [7, 11) is 1.25. The van der Waals surface area contributed by atoms with Crippen molar-refractivity contribution in [2.45, 2.75) is 43.4 Å². The van der Waals surface area contributed by atoms with Crippen LogP contribution in [0.4, 0.5) is 5.13 Å². The van der Waals surface area contributed by atoms with Crippen LogP contribution in [-0.2, 0) is 32.3 Å². The summed E-state index contributed by atoms with van der Waals surface area (Å²) in [6.45, 7) is 0.796. The number of carboxylic acid groups (broad SMARTS) is 1. The van der Waals surface area contributed by atoms with Crippen LogP contribution in [-0.4, -0.2) is 78.6 Å². The Balaban J connectivity index is 1.05. The summed E-state index contributed by atoms with van der Waals surface area (Å²) in [4.78, 5) is 48.8. The highest BCUT2D eigenvalue weighted by atomic mass is 35.5. The Kier molecular flexibility index (Phi) is 8.34. The van der Waals surface area contributed by atoms with Gasteiger partial charge in [-0.15, -0.1) is 21.0 Å². The minimum Gasteiger partial charge on any atom is -0.543 e. The van der Waals surface area contributed by atoms with Crippen LogP contribution in [0.15, 0.2) is 65.3 Å². The predicted octanol–water partition coefficient (Wildman–Crippen LogP) is 0.301. The van der Waals surface area contributed by atoms with E-state index in [1.54, 1.807) is 0 Å². The summed E-state index contributed by atoms with van der Waals surface area (Å²) in [5, 5.41) is 29.6. The van der Waals surface area contributed by atoms with Crippen LogP contribution in [0.2, 0.25) is 4.34 Å². The van der Waals surface area contributed by atoms with Gasteiger partial charge in [0, 0.05) is 35.7 Å². The van der Waals surface area contributed by atoms with Gasteiger partial charge in [-0.3, -0.25) is 19.9 Å². The minimum absolute atomic E-state index is 0.0106. The van der Waals surface area contributed by atoms with Crippen molar-refractivity contribution in [3.63, 3.8) is 0 Å². The normalized spacial score (nSPS) is 19.2. The van der Waals surface area contributed by atoms with Crippen LogP contribution in [0.5, 0.6) is 0 Å². The molecule has 4 aromatic rings. The number of nitrogens with zero attached hydrogens (tertiary/aromatic N) is 6. The van der Waals surface area contributed by atoms with Gasteiger partial charge in [0.1, 0.15) is 34.4 Å². The average molecular weight is 709 g/mol. The molecule has 2 fully saturated rings. The molecule has 3 aromatic heterocycles. The second-order valence-electron chi connectivity index (χ2n) is 11.4. The summed E-state index contributed by atoms with van der Waals surface area (Å²) < 4.78 is 5.96. The number of rotatable bonds is 11. The number of anilines is 1. The molecular weight excluding hydrogens is 680 g/mol. The number of amidine groups is 1. The minimum atomic E-state index is -1.48. The van der Waals surface area contributed by atoms with E-state index >= 15 is 0 Å². The van der Waals surface area contributed by atoms with Gasteiger partial charge in [0.2, 0.25) is 0 Å². The van der Waals surface area contributed by atoms with Crippen molar-refractivity contribution >= 4 is 74.8 Å². The third kappa shape index (κ3) is 5.88. The highest BCUT2D eigenvalue weighted by Crippen LogP contribution is 2.40. The number of carbonyl (C=O) groups is 3. The van der Waals surface area contributed by atoms with Crippen molar-refractivity contribution in [2.75, 3.05) is 18.6 Å². The molecule has 1 saturated carbocycles. The Hall–Kier alpha value is -4.87. The van der Waals surface area contributed by atoms with Crippen molar-refractivity contribution in [1.82, 2.24) is 29.6 Å². The van der Waals surface area contributed by atoms with Crippen molar-refractivity contribution in [3.05, 3.63) is 81.3 Å². The van der Waals surface area contributed by atoms with E-state index in [4.69, 9.17) is 27.6 Å². The molecule has 0 spiro atoms. The molecule has 7 rings (SSSR count). The number of aromatic nitrogens is 4. The first-order valence-electron chi connectivity index (χ1n) is 14.9. The number of carbonyl (C=O) groups excluding carboxylic acids is 3. The number of thioether (sulfide) groups is 1. The van der Waals surface area contributed by atoms with Crippen molar-refractivity contribution in [1.29, 1.82) is 5.41 Å². The van der Waals surface area contributed by atoms with Gasteiger partial charge in [-0.25, -0.2) is 4.98 Å². The summed E-state index contributed by atoms with van der Waals surface area (Å²) >= 11 is 8.45. The number of aliphatic carboxylic acids is 1. The number of nitrogen functional groups attached to an aromatic ring is 1. The molecule has 15 nitrogen and oxygen atoms in total. The lowest BCUT2D eigenvalue weighted by Crippen LogP contribution is -2.71. The smallest absolute Gasteiger partial charge is 0.276 e. The monoisotopic (exact) mass is 708 g/mol. The third-order valence-electron chi connectivity index (χ3n) is 8.21. The number of hydrogen-bond acceptors (Lipinski definition) is 11. The highest BCUT2D eigenvalue weighted by Gasteiger charge is 2.53. The van der Waals surface area contributed by atoms with Crippen LogP contribution in [0.25, 0.3) is 5.65 Å². The van der Waals surface area contributed by atoms with Gasteiger partial charge in [-0.05, 0) is 18.4 Å². The molecule has 0 bridgehead atoms. The number of imidazole rings is 1. The number of halogens is 1. The van der Waals surface area contributed by atoms with Crippen LogP contribution >= 0.6 is 34.7 Å². The number of thiazole rings is 1. The van der Waals surface area contributed by atoms with Gasteiger partial charge in [0.25, 0.3) is 11.8 Å². The summed E-state index contributed by atoms with van der Waals surface area (Å²) in [6.07, 6.45) is 7.90. The topological polar surface area (TPSA) is 199 Å². The molecule has 1 aromatic carbocycles. The van der Waals surface area contributed by atoms with E-state index in [1.807, 2.05) is 58.1 Å². The number of benzene rings is 1. The number of hydrogen-bond donors (Lipinski definition) is 4. The standard InChI is InChI=1S/C30H29ClN10O5S2/c1-46-37-21(20-24(31)48-30(33)36-20)26(42)35-22-27(43)41-23(29(44)45)17(14-47-28(22)41)13-39-9-8-19-38(10-11-40(19)39)12-15-2-4-16(5-3-15)25(32)34-18-6-7-18/h2-5,8-11,18,22,28H,6-7,12-14H2,1H3,(H5-,32,33,34,35,36,42,44,45)/b37-21-/t22-,28-/m1/s1. The molecule has 1 saturated heterocycles. The number of amides is 2. The summed E-state index contributed by atoms with van der Waals surface area (Å²) in [5.41, 5.74) is 8.54. The van der Waals surface area contributed by atoms with Gasteiger partial charge >= 0.3 is 0 Å². The third-order valence-corrected chi connectivity index (χ3v) is 10.6. The van der Waals surface area contributed by atoms with E-state index < -0.39 is 29.2 Å². The lowest BCUT2D eigenvalue weighted by molar-refractivity contribution is -0.753. The molecule has 48 heavy (non-hydrogen) atoms. The molecule has 0 unspecified atom stereocenters. The quantitative estimate of drug-likeness (QED) is 0.0557. The van der Waals surface area contributed by atoms with E-state index in [2.05, 4.69) is 25.3 Å². The first-order valence-corrected chi connectivity index (χ1v) is 17.1. The molecule has 5 N–H and O–H groups in total. The Morgan fingerprint density at radius 1 is 1.23 bits per heavy atom. The van der Waals surface area contributed by atoms with Crippen molar-refractivity contribution in [3.8, 4) is 0 Å². The Morgan fingerprint density at radius 3 is 2.67 bits per heavy atom. The predicted molar refractivity (Wildman–Crippen MR) is 176 cm³/mol. The summed E-state index contributed by atoms with van der Waals surface area (Å²) in [6, 6.07) is 9.23. The number of β-lactam (4-membered cyclic amide) rings is 1. The maximum absolute atomic E-state index is 13.3. The van der Waals surface area contributed by atoms with Crippen molar-refractivity contribution in [2.24, 2.45) is 5.16 Å². The van der Waals surface area contributed by atoms with Gasteiger partial charge in [-0.1, -0.05) is 52.4 Å². The summed E-state index contributed by atoms with van der Waals surface area (Å²) in [5.74, 6) is -2.13. The second kappa shape index (κ2) is 12.6. The molecule has 0 radical (unpaired) electrons. The van der Waals surface area contributed by atoms with Crippen LogP contribution in [0.3, 0.4) is 0 Å². The second-order valence-corrected chi connectivity index (χ2v) is 14.2. The molecule has 2 atom stereocenters. The lowest BCUT2D eigenvalue weighted by atomic mass is 10.0. The Bertz CT molecular complexity index is 2030. The van der Waals surface area contributed by atoms with Gasteiger partial charge in [0.05, 0.1) is 23.9 Å². The Morgan fingerprint density at radius 2 is 2.00 bits per heavy atom. The van der Waals surface area contributed by atoms with Crippen LogP contribution in [0, 0.1) is 5.41 Å². The molecule has 5 heterocycles. The molecule has 2 aliphatic heterocycles. The van der Waals surface area contributed by atoms with Crippen LogP contribution < -0.4 is 26.2 Å². The van der Waals surface area contributed by atoms with Gasteiger partial charge in [-0.2, -0.15) is 0 Å². The van der Waals surface area contributed by atoms with Gasteiger partial charge < -0.3 is 35.7 Å². The fraction of sp³-hybridized carbons (Fsp3) is 0.300. The SMILES string of the molecule is CO/N=C(\C(=O)N[C@@H]1C(=O)N2C(C(=O)[O-])=C(C[n+]3ccc4n(Cc5ccc(C(=N)NC6CC6)cc5)ccn43)CS[C@H]12)c1nc(N)sc1Cl. The molecule has 248 valence electrons. The number of fused-ring (bicyclic) bond motifs is 2. The molecule has 3 aliphatic rings. The number of nitrogens with two attached hydrogens (primary N) is 1. The molecular formula is C30H29ClN10O5S2. The van der Waals surface area contributed by atoms with E-state index in [-0.39, 0.29) is 38.9 Å². The van der Waals surface area contributed by atoms with E-state index in [0.717, 1.165) is 45.9 Å². The maximum atomic E-state index is 13.3. The highest BCUT2D eigenvalue weighted by molar-refractivity contribution is 8.00. The Labute approximate surface area is 286 Å². The fourth-order valence-electron chi connectivity index (χ4n) is 5.74. The van der Waals surface area contributed by atoms with E-state index in [0.29, 0.717) is 24.0 Å². The van der Waals surface area contributed by atoms with Crippen LogP contribution in [0.1, 0.15) is 29.7 Å². The maximum Gasteiger partial charge on any atom is 0.276 e. The zero-order valence-corrected chi connectivity index (χ0v) is 27.8. The van der Waals surface area contributed by atoms with Crippen molar-refractivity contribution < 1.29 is 29.0 Å². The number of oxime groups is 1. The number of carboxylic acids is 1. The molecule has 2 amide bonds. The lowest BCUT2D eigenvalue weighted by Gasteiger charge is -2.50. The average Bonchev–Trinajstić information content (AvgIpc) is 3.50. The first-order chi connectivity index (χ1) is 23.1.